The Kier molecular flexibility index (Phi) is 2.23. The molecule has 1 aliphatic heterocycles. The maximum absolute atomic E-state index is 10.8. The predicted octanol–water partition coefficient (Wildman–Crippen LogP) is 0.218. The van der Waals surface area contributed by atoms with Crippen LogP contribution in [0.5, 0.6) is 0 Å². The molecule has 0 aliphatic carbocycles. The highest BCUT2D eigenvalue weighted by Gasteiger charge is 2.14. The lowest BCUT2D eigenvalue weighted by atomic mass is 10.2. The maximum atomic E-state index is 10.8. The first-order valence-electron chi connectivity index (χ1n) is 2.96. The van der Waals surface area contributed by atoms with Gasteiger partial charge in [0, 0.05) is 0 Å². The molecule has 10 heavy (non-hydrogen) atoms. The molecule has 0 fully saturated rings. The van der Waals surface area contributed by atoms with Gasteiger partial charge < -0.3 is 4.74 Å². The average molecular weight is 138 g/mol. The van der Waals surface area contributed by atoms with Crippen molar-refractivity contribution in [2.24, 2.45) is 0 Å². The van der Waals surface area contributed by atoms with Crippen LogP contribution in [0.4, 0.5) is 0 Å². The van der Waals surface area contributed by atoms with Crippen molar-refractivity contribution in [2.75, 3.05) is 13.7 Å². The van der Waals surface area contributed by atoms with E-state index in [-0.39, 0.29) is 5.97 Å². The summed E-state index contributed by atoms with van der Waals surface area (Å²) in [4.78, 5) is 10.8. The van der Waals surface area contributed by atoms with Crippen LogP contribution >= 0.6 is 0 Å². The molecular formula is C7H8NO2+. The van der Waals surface area contributed by atoms with Gasteiger partial charge in [0.05, 0.1) is 12.4 Å². The van der Waals surface area contributed by atoms with E-state index < -0.39 is 0 Å². The highest BCUT2D eigenvalue weighted by Crippen LogP contribution is 2.01. The zero-order valence-electron chi connectivity index (χ0n) is 5.70. The Morgan fingerprint density at radius 1 is 1.80 bits per heavy atom. The fraction of sp³-hybridized carbons (Fsp3) is 0.286. The molecule has 3 heteroatoms. The highest BCUT2D eigenvalue weighted by molar-refractivity contribution is 5.91. The van der Waals surface area contributed by atoms with E-state index in [2.05, 4.69) is 10.1 Å². The molecule has 0 unspecified atom stereocenters. The quantitative estimate of drug-likeness (QED) is 0.486. The number of esters is 1. The van der Waals surface area contributed by atoms with Gasteiger partial charge in [-0.2, -0.15) is 0 Å². The van der Waals surface area contributed by atoms with E-state index in [1.165, 1.54) is 13.3 Å². The molecule has 1 aliphatic rings. The van der Waals surface area contributed by atoms with Crippen molar-refractivity contribution in [3.63, 3.8) is 0 Å². The monoisotopic (exact) mass is 138 g/mol. The molecule has 0 N–H and O–H groups in total. The molecule has 0 amide bonds. The molecule has 0 spiro atoms. The van der Waals surface area contributed by atoms with Gasteiger partial charge in [-0.25, -0.2) is 4.79 Å². The first kappa shape index (κ1) is 7.02. The van der Waals surface area contributed by atoms with Gasteiger partial charge in [-0.15, -0.1) is 0 Å². The Labute approximate surface area is 59.4 Å². The van der Waals surface area contributed by atoms with E-state index in [1.807, 2.05) is 6.08 Å². The van der Waals surface area contributed by atoms with Crippen LogP contribution in [0.3, 0.4) is 0 Å². The Morgan fingerprint density at radius 3 is 3.10 bits per heavy atom. The van der Waals surface area contributed by atoms with Crippen molar-refractivity contribution in [3.8, 4) is 0 Å². The van der Waals surface area contributed by atoms with Gasteiger partial charge in [-0.1, -0.05) is 0 Å². The second-order valence-electron chi connectivity index (χ2n) is 1.84. The second-order valence-corrected chi connectivity index (χ2v) is 1.84. The second kappa shape index (κ2) is 3.17. The first-order valence-corrected chi connectivity index (χ1v) is 2.96. The van der Waals surface area contributed by atoms with Crippen molar-refractivity contribution in [1.82, 2.24) is 5.32 Å². The summed E-state index contributed by atoms with van der Waals surface area (Å²) < 4.78 is 4.47. The van der Waals surface area contributed by atoms with Crippen molar-refractivity contribution in [3.05, 3.63) is 23.9 Å². The smallest absolute Gasteiger partial charge is 0.343 e. The summed E-state index contributed by atoms with van der Waals surface area (Å²) in [5.41, 5.74) is 0.508. The molecule has 0 aromatic heterocycles. The molecular weight excluding hydrogens is 130 g/mol. The molecule has 52 valence electrons. The van der Waals surface area contributed by atoms with E-state index >= 15 is 0 Å². The van der Waals surface area contributed by atoms with Crippen LogP contribution in [0.25, 0.3) is 0 Å². The first-order chi connectivity index (χ1) is 4.84. The molecule has 1 heterocycles. The highest BCUT2D eigenvalue weighted by atomic mass is 16.5. The molecule has 1 rings (SSSR count). The van der Waals surface area contributed by atoms with E-state index in [1.54, 1.807) is 6.08 Å². The molecule has 3 nitrogen and oxygen atoms in total. The van der Waals surface area contributed by atoms with Gasteiger partial charge in [0.15, 0.2) is 0 Å². The lowest BCUT2D eigenvalue weighted by Gasteiger charge is -1.96. The van der Waals surface area contributed by atoms with Crippen molar-refractivity contribution >= 4 is 5.97 Å². The van der Waals surface area contributed by atoms with Crippen LogP contribution in [0.1, 0.15) is 0 Å². The zero-order chi connectivity index (χ0) is 7.40. The Balaban J connectivity index is 2.63. The minimum atomic E-state index is -0.334. The zero-order valence-corrected chi connectivity index (χ0v) is 5.70. The Hall–Kier alpha value is -1.09. The van der Waals surface area contributed by atoms with Gasteiger partial charge >= 0.3 is 5.97 Å². The van der Waals surface area contributed by atoms with E-state index in [4.69, 9.17) is 0 Å². The summed E-state index contributed by atoms with van der Waals surface area (Å²) in [6.07, 6.45) is 5.04. The summed E-state index contributed by atoms with van der Waals surface area (Å²) >= 11 is 0. The van der Waals surface area contributed by atoms with E-state index in [0.29, 0.717) is 12.1 Å². The fourth-order valence-electron chi connectivity index (χ4n) is 0.673. The molecule has 0 aromatic rings. The summed E-state index contributed by atoms with van der Waals surface area (Å²) in [6, 6.07) is 0. The number of nitrogens with zero attached hydrogens (tertiary/aromatic N) is 1. The van der Waals surface area contributed by atoms with E-state index in [9.17, 15) is 4.79 Å². The van der Waals surface area contributed by atoms with Crippen LogP contribution in [0.2, 0.25) is 0 Å². The summed E-state index contributed by atoms with van der Waals surface area (Å²) in [6.45, 7) is 0.653. The number of carbonyl (C=O) groups is 1. The number of ether oxygens (including phenoxy) is 1. The molecule has 0 aromatic carbocycles. The summed E-state index contributed by atoms with van der Waals surface area (Å²) in [7, 11) is 1.35. The van der Waals surface area contributed by atoms with Crippen molar-refractivity contribution in [2.45, 2.75) is 0 Å². The third kappa shape index (κ3) is 1.45. The minimum absolute atomic E-state index is 0.334. The molecule has 2 radical (unpaired) electrons. The van der Waals surface area contributed by atoms with Crippen LogP contribution in [0.15, 0.2) is 23.9 Å². The van der Waals surface area contributed by atoms with Crippen molar-refractivity contribution < 1.29 is 9.53 Å². The SMILES string of the molecule is COC(=O)C1=C[N+]CC=C1. The fourth-order valence-corrected chi connectivity index (χ4v) is 0.673. The third-order valence-corrected chi connectivity index (χ3v) is 1.16. The van der Waals surface area contributed by atoms with Gasteiger partial charge in [0.2, 0.25) is 12.7 Å². The number of methoxy groups -OCH3 is 1. The number of carbonyl (C=O) groups excluding carboxylic acids is 1. The predicted molar refractivity (Wildman–Crippen MR) is 36.2 cm³/mol. The molecule has 0 atom stereocenters. The largest absolute Gasteiger partial charge is 0.465 e. The number of rotatable bonds is 1. The third-order valence-electron chi connectivity index (χ3n) is 1.16. The normalized spacial score (nSPS) is 16.3. The van der Waals surface area contributed by atoms with Gasteiger partial charge in [0.25, 0.3) is 0 Å². The molecule has 0 bridgehead atoms. The minimum Gasteiger partial charge on any atom is -0.465 e. The number of hydrogen-bond donors (Lipinski definition) is 0. The lowest BCUT2D eigenvalue weighted by molar-refractivity contribution is -0.135. The average Bonchev–Trinajstić information content (AvgIpc) is 2.05. The standard InChI is InChI=1S/C7H8NO2/c1-10-7(9)6-3-2-4-8-5-6/h2-3,5H,4H2,1H3/q+1. The Bertz CT molecular complexity index is 194. The van der Waals surface area contributed by atoms with Crippen LogP contribution < -0.4 is 5.32 Å². The van der Waals surface area contributed by atoms with Crippen LogP contribution in [0, 0.1) is 0 Å². The van der Waals surface area contributed by atoms with Gasteiger partial charge in [-0.05, 0) is 12.2 Å². The van der Waals surface area contributed by atoms with E-state index in [0.717, 1.165) is 0 Å². The van der Waals surface area contributed by atoms with Crippen molar-refractivity contribution in [1.29, 1.82) is 0 Å². The topological polar surface area (TPSA) is 40.4 Å². The Morgan fingerprint density at radius 2 is 2.60 bits per heavy atom. The summed E-state index contributed by atoms with van der Waals surface area (Å²) in [5, 5.41) is 3.88. The summed E-state index contributed by atoms with van der Waals surface area (Å²) in [5.74, 6) is -0.334. The maximum Gasteiger partial charge on any atom is 0.343 e. The van der Waals surface area contributed by atoms with Crippen LogP contribution in [-0.4, -0.2) is 19.6 Å². The van der Waals surface area contributed by atoms with Gasteiger partial charge in [-0.3, -0.25) is 0 Å². The molecule has 0 saturated carbocycles. The molecule has 0 saturated heterocycles. The lowest BCUT2D eigenvalue weighted by Crippen LogP contribution is -2.09. The van der Waals surface area contributed by atoms with Gasteiger partial charge in [0.1, 0.15) is 5.57 Å². The number of hydrogen-bond acceptors (Lipinski definition) is 2. The van der Waals surface area contributed by atoms with Crippen LogP contribution in [-0.2, 0) is 9.53 Å².